The first-order valence-electron chi connectivity index (χ1n) is 7.49. The van der Waals surface area contributed by atoms with Gasteiger partial charge >= 0.3 is 0 Å². The number of nitrogen functional groups attached to an aromatic ring is 1. The normalized spacial score (nSPS) is 11.0. The molecular weight excluding hydrogens is 319 g/mol. The Morgan fingerprint density at radius 3 is 1.54 bits per heavy atom. The molecule has 3 N–H and O–H groups in total. The van der Waals surface area contributed by atoms with E-state index in [0.717, 1.165) is 10.6 Å². The van der Waals surface area contributed by atoms with Crippen LogP contribution in [0.4, 0.5) is 0 Å². The Hall–Kier alpha value is -2.68. The van der Waals surface area contributed by atoms with Gasteiger partial charge in [-0.15, -0.1) is 0 Å². The second-order valence-corrected chi connectivity index (χ2v) is 8.07. The maximum absolute atomic E-state index is 14.0. The summed E-state index contributed by atoms with van der Waals surface area (Å²) >= 11 is 0. The highest BCUT2D eigenvalue weighted by Crippen LogP contribution is 2.42. The number of rotatable bonds is 4. The lowest BCUT2D eigenvalue weighted by Crippen LogP contribution is -2.30. The molecule has 0 aliphatic heterocycles. The van der Waals surface area contributed by atoms with E-state index in [2.05, 4.69) is 5.43 Å². The largest absolute Gasteiger partial charge is 0.309 e. The Balaban J connectivity index is 2.16. The number of benzene rings is 3. The van der Waals surface area contributed by atoms with Crippen LogP contribution in [0.25, 0.3) is 0 Å². The Kier molecular flexibility index (Phi) is 4.61. The van der Waals surface area contributed by atoms with E-state index < -0.39 is 7.14 Å². The fourth-order valence-electron chi connectivity index (χ4n) is 2.63. The molecule has 0 atom stereocenters. The Bertz CT molecular complexity index is 835. The molecule has 3 rings (SSSR count). The van der Waals surface area contributed by atoms with Gasteiger partial charge in [0.25, 0.3) is 5.91 Å². The lowest BCUT2D eigenvalue weighted by atomic mass is 10.2. The molecule has 0 aliphatic carbocycles. The summed E-state index contributed by atoms with van der Waals surface area (Å²) < 4.78 is 14.0. The molecule has 0 bridgehead atoms. The van der Waals surface area contributed by atoms with Crippen molar-refractivity contribution >= 4 is 29.0 Å². The van der Waals surface area contributed by atoms with Gasteiger partial charge in [0.1, 0.15) is 0 Å². The van der Waals surface area contributed by atoms with Gasteiger partial charge in [-0.3, -0.25) is 10.2 Å². The summed E-state index contributed by atoms with van der Waals surface area (Å²) in [6.45, 7) is 0. The summed E-state index contributed by atoms with van der Waals surface area (Å²) in [4.78, 5) is 11.6. The first kappa shape index (κ1) is 16.2. The van der Waals surface area contributed by atoms with Crippen LogP contribution >= 0.6 is 7.14 Å². The van der Waals surface area contributed by atoms with Crippen LogP contribution in [0.2, 0.25) is 0 Å². The standard InChI is InChI=1S/C19H17N2O2P/c20-21-19(22)15-11-13-18(14-12-15)24(23,16-7-3-1-4-8-16)17-9-5-2-6-10-17/h1-14H,20H2,(H,21,22). The summed E-state index contributed by atoms with van der Waals surface area (Å²) in [5, 5.41) is 2.19. The van der Waals surface area contributed by atoms with Crippen LogP contribution in [0.15, 0.2) is 84.9 Å². The monoisotopic (exact) mass is 336 g/mol. The van der Waals surface area contributed by atoms with Crippen LogP contribution in [0.5, 0.6) is 0 Å². The molecule has 0 radical (unpaired) electrons. The van der Waals surface area contributed by atoms with Crippen molar-refractivity contribution in [3.63, 3.8) is 0 Å². The summed E-state index contributed by atoms with van der Waals surface area (Å²) in [5.41, 5.74) is 2.52. The molecule has 0 saturated carbocycles. The summed E-state index contributed by atoms with van der Waals surface area (Å²) in [6, 6.07) is 25.5. The van der Waals surface area contributed by atoms with Gasteiger partial charge in [0.05, 0.1) is 0 Å². The third kappa shape index (κ3) is 2.90. The van der Waals surface area contributed by atoms with Crippen LogP contribution in [-0.4, -0.2) is 5.91 Å². The average Bonchev–Trinajstić information content (AvgIpc) is 2.68. The molecule has 3 aromatic carbocycles. The molecule has 0 aromatic heterocycles. The zero-order valence-corrected chi connectivity index (χ0v) is 13.8. The van der Waals surface area contributed by atoms with Crippen LogP contribution in [0, 0.1) is 0 Å². The average molecular weight is 336 g/mol. The highest BCUT2D eigenvalue weighted by molar-refractivity contribution is 7.85. The van der Waals surface area contributed by atoms with Gasteiger partial charge in [0.15, 0.2) is 7.14 Å². The van der Waals surface area contributed by atoms with Crippen LogP contribution < -0.4 is 27.2 Å². The third-order valence-corrected chi connectivity index (χ3v) is 6.94. The number of carbonyl (C=O) groups is 1. The molecule has 0 spiro atoms. The minimum Gasteiger partial charge on any atom is -0.309 e. The molecule has 0 aliphatic rings. The SMILES string of the molecule is NNC(=O)c1ccc(P(=O)(c2ccccc2)c2ccccc2)cc1. The van der Waals surface area contributed by atoms with Crippen LogP contribution in [0.1, 0.15) is 10.4 Å². The van der Waals surface area contributed by atoms with Gasteiger partial charge in [-0.1, -0.05) is 72.8 Å². The molecule has 5 heteroatoms. The van der Waals surface area contributed by atoms with E-state index in [1.807, 2.05) is 60.7 Å². The van der Waals surface area contributed by atoms with Crippen molar-refractivity contribution in [2.45, 2.75) is 0 Å². The van der Waals surface area contributed by atoms with Crippen molar-refractivity contribution in [1.82, 2.24) is 5.43 Å². The van der Waals surface area contributed by atoms with Crippen molar-refractivity contribution in [3.05, 3.63) is 90.5 Å². The van der Waals surface area contributed by atoms with Crippen molar-refractivity contribution in [1.29, 1.82) is 0 Å². The molecule has 24 heavy (non-hydrogen) atoms. The molecule has 0 fully saturated rings. The highest BCUT2D eigenvalue weighted by atomic mass is 31.2. The topological polar surface area (TPSA) is 72.2 Å². The highest BCUT2D eigenvalue weighted by Gasteiger charge is 2.29. The Morgan fingerprint density at radius 1 is 0.708 bits per heavy atom. The predicted octanol–water partition coefficient (Wildman–Crippen LogP) is 1.93. The maximum atomic E-state index is 14.0. The molecule has 0 saturated heterocycles. The van der Waals surface area contributed by atoms with Crippen LogP contribution in [-0.2, 0) is 4.57 Å². The number of carbonyl (C=O) groups excluding carboxylic acids is 1. The van der Waals surface area contributed by atoms with Gasteiger partial charge in [-0.25, -0.2) is 5.84 Å². The van der Waals surface area contributed by atoms with Gasteiger partial charge in [0, 0.05) is 21.5 Å². The van der Waals surface area contributed by atoms with E-state index >= 15 is 0 Å². The van der Waals surface area contributed by atoms with E-state index in [9.17, 15) is 9.36 Å². The second kappa shape index (κ2) is 6.83. The molecule has 1 amide bonds. The lowest BCUT2D eigenvalue weighted by molar-refractivity contribution is 0.0953. The number of hydrogen-bond acceptors (Lipinski definition) is 3. The maximum Gasteiger partial charge on any atom is 0.265 e. The van der Waals surface area contributed by atoms with Gasteiger partial charge in [0.2, 0.25) is 0 Å². The van der Waals surface area contributed by atoms with Crippen molar-refractivity contribution < 1.29 is 9.36 Å². The lowest BCUT2D eigenvalue weighted by Gasteiger charge is -2.20. The molecule has 0 heterocycles. The summed E-state index contributed by atoms with van der Waals surface area (Å²) in [5.74, 6) is 4.78. The number of nitrogens with one attached hydrogen (secondary N) is 1. The minimum absolute atomic E-state index is 0.379. The molecule has 4 nitrogen and oxygen atoms in total. The van der Waals surface area contributed by atoms with E-state index in [1.165, 1.54) is 0 Å². The second-order valence-electron chi connectivity index (χ2n) is 5.30. The smallest absolute Gasteiger partial charge is 0.265 e. The number of hydrazine groups is 1. The van der Waals surface area contributed by atoms with Crippen molar-refractivity contribution in [2.24, 2.45) is 5.84 Å². The van der Waals surface area contributed by atoms with Gasteiger partial charge in [-0.2, -0.15) is 0 Å². The van der Waals surface area contributed by atoms with Crippen molar-refractivity contribution in [2.75, 3.05) is 0 Å². The quantitative estimate of drug-likeness (QED) is 0.331. The van der Waals surface area contributed by atoms with E-state index in [4.69, 9.17) is 5.84 Å². The first-order valence-corrected chi connectivity index (χ1v) is 9.20. The Morgan fingerprint density at radius 2 is 1.12 bits per heavy atom. The zero-order valence-electron chi connectivity index (χ0n) is 12.9. The molecule has 120 valence electrons. The number of amides is 1. The van der Waals surface area contributed by atoms with Crippen molar-refractivity contribution in [3.8, 4) is 0 Å². The van der Waals surface area contributed by atoms with E-state index in [1.54, 1.807) is 24.3 Å². The van der Waals surface area contributed by atoms with Gasteiger partial charge < -0.3 is 4.57 Å². The van der Waals surface area contributed by atoms with Crippen LogP contribution in [0.3, 0.4) is 0 Å². The fourth-order valence-corrected chi connectivity index (χ4v) is 5.28. The predicted molar refractivity (Wildman–Crippen MR) is 97.5 cm³/mol. The molecule has 0 unspecified atom stereocenters. The Labute approximate surface area is 140 Å². The first-order chi connectivity index (χ1) is 11.7. The van der Waals surface area contributed by atoms with E-state index in [0.29, 0.717) is 10.9 Å². The number of nitrogens with two attached hydrogens (primary N) is 1. The zero-order chi connectivity index (χ0) is 17.0. The number of hydrogen-bond donors (Lipinski definition) is 2. The minimum atomic E-state index is -3.00. The summed E-state index contributed by atoms with van der Waals surface area (Å²) in [7, 11) is -3.00. The fraction of sp³-hybridized carbons (Fsp3) is 0. The molecule has 3 aromatic rings. The van der Waals surface area contributed by atoms with E-state index in [-0.39, 0.29) is 5.91 Å². The molecular formula is C19H17N2O2P. The summed E-state index contributed by atoms with van der Waals surface area (Å²) in [6.07, 6.45) is 0. The third-order valence-electron chi connectivity index (χ3n) is 3.86. The van der Waals surface area contributed by atoms with Gasteiger partial charge in [-0.05, 0) is 12.1 Å².